The molecule has 128 valence electrons. The molecule has 0 bridgehead atoms. The summed E-state index contributed by atoms with van der Waals surface area (Å²) in [6, 6.07) is 2.82. The zero-order valence-corrected chi connectivity index (χ0v) is 13.6. The first-order chi connectivity index (χ1) is 10.6. The van der Waals surface area contributed by atoms with Crippen LogP contribution in [0.3, 0.4) is 0 Å². The number of nitrogens with one attached hydrogen (secondary N) is 1. The van der Waals surface area contributed by atoms with Gasteiger partial charge in [-0.15, -0.1) is 0 Å². The SMILES string of the molecule is COC(=O)c1ccc(C(O)C(O)CNC(=O)OC(C)(C)C)cn1. The molecule has 2 atom stereocenters. The van der Waals surface area contributed by atoms with Gasteiger partial charge in [0, 0.05) is 18.3 Å². The van der Waals surface area contributed by atoms with Crippen LogP contribution in [0.25, 0.3) is 0 Å². The fraction of sp³-hybridized carbons (Fsp3) is 0.533. The van der Waals surface area contributed by atoms with Crippen molar-refractivity contribution in [3.8, 4) is 0 Å². The summed E-state index contributed by atoms with van der Waals surface area (Å²) in [5.74, 6) is -0.599. The molecule has 0 spiro atoms. The number of alkyl carbamates (subject to hydrolysis) is 1. The number of rotatable bonds is 5. The van der Waals surface area contributed by atoms with Gasteiger partial charge in [-0.2, -0.15) is 0 Å². The molecule has 0 aliphatic rings. The number of esters is 1. The third kappa shape index (κ3) is 6.21. The molecule has 1 rings (SSSR count). The van der Waals surface area contributed by atoms with Crippen LogP contribution in [-0.4, -0.2) is 52.6 Å². The molecule has 0 aliphatic carbocycles. The van der Waals surface area contributed by atoms with Gasteiger partial charge < -0.3 is 25.0 Å². The molecular weight excluding hydrogens is 304 g/mol. The highest BCUT2D eigenvalue weighted by Crippen LogP contribution is 2.16. The number of hydrogen-bond acceptors (Lipinski definition) is 7. The van der Waals surface area contributed by atoms with Crippen LogP contribution < -0.4 is 5.32 Å². The summed E-state index contributed by atoms with van der Waals surface area (Å²) in [7, 11) is 1.23. The van der Waals surface area contributed by atoms with E-state index in [9.17, 15) is 19.8 Å². The minimum absolute atomic E-state index is 0.0878. The molecule has 1 aromatic rings. The second kappa shape index (κ2) is 7.89. The van der Waals surface area contributed by atoms with E-state index in [1.807, 2.05) is 0 Å². The molecule has 23 heavy (non-hydrogen) atoms. The summed E-state index contributed by atoms with van der Waals surface area (Å²) in [4.78, 5) is 26.6. The third-order valence-electron chi connectivity index (χ3n) is 2.74. The Hall–Kier alpha value is -2.19. The first kappa shape index (κ1) is 18.9. The van der Waals surface area contributed by atoms with Crippen LogP contribution in [0.4, 0.5) is 4.79 Å². The van der Waals surface area contributed by atoms with Crippen LogP contribution >= 0.6 is 0 Å². The molecule has 0 saturated carbocycles. The van der Waals surface area contributed by atoms with Crippen LogP contribution in [0.15, 0.2) is 18.3 Å². The van der Waals surface area contributed by atoms with Gasteiger partial charge in [0.05, 0.1) is 7.11 Å². The summed E-state index contributed by atoms with van der Waals surface area (Å²) >= 11 is 0. The summed E-state index contributed by atoms with van der Waals surface area (Å²) in [6.07, 6.45) is -1.96. The van der Waals surface area contributed by atoms with Crippen LogP contribution in [0, 0.1) is 0 Å². The smallest absolute Gasteiger partial charge is 0.407 e. The Labute approximate surface area is 134 Å². The first-order valence-corrected chi connectivity index (χ1v) is 7.01. The van der Waals surface area contributed by atoms with Gasteiger partial charge in [-0.1, -0.05) is 6.07 Å². The Bertz CT molecular complexity index is 538. The van der Waals surface area contributed by atoms with Gasteiger partial charge in [-0.3, -0.25) is 0 Å². The Kier molecular flexibility index (Phi) is 6.47. The molecule has 1 aromatic heterocycles. The number of methoxy groups -OCH3 is 1. The Morgan fingerprint density at radius 3 is 2.43 bits per heavy atom. The predicted octanol–water partition coefficient (Wildman–Crippen LogP) is 0.787. The fourth-order valence-electron chi connectivity index (χ4n) is 1.64. The fourth-order valence-corrected chi connectivity index (χ4v) is 1.64. The molecule has 8 heteroatoms. The molecular formula is C15H22N2O6. The predicted molar refractivity (Wildman–Crippen MR) is 80.8 cm³/mol. The third-order valence-corrected chi connectivity index (χ3v) is 2.74. The number of carbonyl (C=O) groups is 2. The monoisotopic (exact) mass is 326 g/mol. The molecule has 0 aromatic carbocycles. The largest absolute Gasteiger partial charge is 0.464 e. The normalized spacial score (nSPS) is 13.8. The van der Waals surface area contributed by atoms with Gasteiger partial charge in [-0.05, 0) is 26.8 Å². The van der Waals surface area contributed by atoms with E-state index in [-0.39, 0.29) is 12.2 Å². The number of aliphatic hydroxyl groups excluding tert-OH is 2. The number of aliphatic hydroxyl groups is 2. The Balaban J connectivity index is 2.58. The van der Waals surface area contributed by atoms with Crippen molar-refractivity contribution in [2.45, 2.75) is 38.6 Å². The van der Waals surface area contributed by atoms with Crippen molar-refractivity contribution in [2.24, 2.45) is 0 Å². The lowest BCUT2D eigenvalue weighted by atomic mass is 10.1. The van der Waals surface area contributed by atoms with Crippen molar-refractivity contribution in [1.29, 1.82) is 0 Å². The molecule has 1 heterocycles. The molecule has 0 radical (unpaired) electrons. The van der Waals surface area contributed by atoms with E-state index < -0.39 is 29.9 Å². The van der Waals surface area contributed by atoms with Crippen LogP contribution in [0.1, 0.15) is 42.9 Å². The average molecular weight is 326 g/mol. The van der Waals surface area contributed by atoms with E-state index in [2.05, 4.69) is 15.0 Å². The van der Waals surface area contributed by atoms with Gasteiger partial charge in [-0.25, -0.2) is 14.6 Å². The van der Waals surface area contributed by atoms with Crippen molar-refractivity contribution in [3.05, 3.63) is 29.6 Å². The molecule has 0 fully saturated rings. The topological polar surface area (TPSA) is 118 Å². The standard InChI is InChI=1S/C15H22N2O6/c1-15(2,3)23-14(21)17-8-11(18)12(19)9-5-6-10(16-7-9)13(20)22-4/h5-7,11-12,18-19H,8H2,1-4H3,(H,17,21). The maximum Gasteiger partial charge on any atom is 0.407 e. The lowest BCUT2D eigenvalue weighted by Gasteiger charge is -2.22. The number of amides is 1. The molecule has 0 saturated heterocycles. The van der Waals surface area contributed by atoms with Gasteiger partial charge in [0.25, 0.3) is 0 Å². The van der Waals surface area contributed by atoms with Gasteiger partial charge in [0.15, 0.2) is 0 Å². The highest BCUT2D eigenvalue weighted by atomic mass is 16.6. The number of nitrogens with zero attached hydrogens (tertiary/aromatic N) is 1. The minimum Gasteiger partial charge on any atom is -0.464 e. The molecule has 0 aliphatic heterocycles. The summed E-state index contributed by atoms with van der Waals surface area (Å²) in [6.45, 7) is 4.94. The quantitative estimate of drug-likeness (QED) is 0.684. The van der Waals surface area contributed by atoms with Crippen LogP contribution in [0.2, 0.25) is 0 Å². The zero-order valence-electron chi connectivity index (χ0n) is 13.6. The molecule has 2 unspecified atom stereocenters. The Morgan fingerprint density at radius 2 is 1.96 bits per heavy atom. The van der Waals surface area contributed by atoms with Gasteiger partial charge >= 0.3 is 12.1 Å². The van der Waals surface area contributed by atoms with Crippen molar-refractivity contribution in [3.63, 3.8) is 0 Å². The summed E-state index contributed by atoms with van der Waals surface area (Å²) in [5, 5.41) is 22.3. The zero-order chi connectivity index (χ0) is 17.6. The molecule has 3 N–H and O–H groups in total. The number of hydrogen-bond donors (Lipinski definition) is 3. The van der Waals surface area contributed by atoms with E-state index in [1.54, 1.807) is 20.8 Å². The highest BCUT2D eigenvalue weighted by molar-refractivity contribution is 5.86. The van der Waals surface area contributed by atoms with E-state index >= 15 is 0 Å². The summed E-state index contributed by atoms with van der Waals surface area (Å²) in [5.41, 5.74) is -0.262. The number of pyridine rings is 1. The van der Waals surface area contributed by atoms with E-state index in [0.717, 1.165) is 0 Å². The minimum atomic E-state index is -1.27. The number of ether oxygens (including phenoxy) is 2. The maximum atomic E-state index is 11.5. The average Bonchev–Trinajstić information content (AvgIpc) is 2.49. The van der Waals surface area contributed by atoms with E-state index in [4.69, 9.17) is 4.74 Å². The maximum absolute atomic E-state index is 11.5. The van der Waals surface area contributed by atoms with Crippen molar-refractivity contribution >= 4 is 12.1 Å². The van der Waals surface area contributed by atoms with Crippen molar-refractivity contribution < 1.29 is 29.3 Å². The van der Waals surface area contributed by atoms with Gasteiger partial charge in [0.2, 0.25) is 0 Å². The number of carbonyl (C=O) groups excluding carboxylic acids is 2. The molecule has 8 nitrogen and oxygen atoms in total. The highest BCUT2D eigenvalue weighted by Gasteiger charge is 2.22. The van der Waals surface area contributed by atoms with E-state index in [0.29, 0.717) is 5.56 Å². The number of aromatic nitrogens is 1. The first-order valence-electron chi connectivity index (χ1n) is 7.01. The second-order valence-electron chi connectivity index (χ2n) is 5.86. The second-order valence-corrected chi connectivity index (χ2v) is 5.86. The van der Waals surface area contributed by atoms with Crippen molar-refractivity contribution in [2.75, 3.05) is 13.7 Å². The van der Waals surface area contributed by atoms with E-state index in [1.165, 1.54) is 25.4 Å². The van der Waals surface area contributed by atoms with Crippen LogP contribution in [-0.2, 0) is 9.47 Å². The van der Waals surface area contributed by atoms with Crippen molar-refractivity contribution in [1.82, 2.24) is 10.3 Å². The lowest BCUT2D eigenvalue weighted by Crippen LogP contribution is -2.38. The van der Waals surface area contributed by atoms with Crippen LogP contribution in [0.5, 0.6) is 0 Å². The Morgan fingerprint density at radius 1 is 1.30 bits per heavy atom. The molecule has 1 amide bonds. The lowest BCUT2D eigenvalue weighted by molar-refractivity contribution is 0.0127. The van der Waals surface area contributed by atoms with Gasteiger partial charge in [0.1, 0.15) is 23.5 Å². The summed E-state index contributed by atoms with van der Waals surface area (Å²) < 4.78 is 9.54.